The summed E-state index contributed by atoms with van der Waals surface area (Å²) in [4.78, 5) is 60.7. The van der Waals surface area contributed by atoms with Gasteiger partial charge in [0.2, 0.25) is 5.60 Å². The lowest BCUT2D eigenvalue weighted by Gasteiger charge is -2.52. The van der Waals surface area contributed by atoms with Gasteiger partial charge in [-0.1, -0.05) is 5.16 Å². The highest BCUT2D eigenvalue weighted by Gasteiger charge is 2.55. The number of thiazole rings is 1. The first-order chi connectivity index (χ1) is 18.8. The van der Waals surface area contributed by atoms with Gasteiger partial charge in [-0.05, 0) is 26.3 Å². The number of hydrogen-bond acceptors (Lipinski definition) is 12. The third-order valence-electron chi connectivity index (χ3n) is 6.10. The van der Waals surface area contributed by atoms with Gasteiger partial charge in [0.1, 0.15) is 12.7 Å². The molecule has 2 aromatic heterocycles. The van der Waals surface area contributed by atoms with E-state index in [1.807, 2.05) is 36.1 Å². The second kappa shape index (κ2) is 11.2. The number of nitrogens with zero attached hydrogens (tertiary/aromatic N) is 4. The molecule has 14 nitrogen and oxygen atoms in total. The number of nitrogen functional groups attached to an aromatic ring is 1. The molecule has 0 aromatic carbocycles. The van der Waals surface area contributed by atoms with Crippen LogP contribution in [0.4, 0.5) is 5.13 Å². The number of nitrogens with two attached hydrogens (primary N) is 1. The van der Waals surface area contributed by atoms with Crippen LogP contribution in [0.5, 0.6) is 0 Å². The number of aliphatic carboxylic acids is 2. The van der Waals surface area contributed by atoms with Crippen molar-refractivity contribution < 1.29 is 43.5 Å². The zero-order chi connectivity index (χ0) is 29.4. The van der Waals surface area contributed by atoms with Gasteiger partial charge in [-0.3, -0.25) is 14.5 Å². The number of carbonyl (C=O) groups excluding carboxylic acids is 3. The average molecular weight is 591 g/mol. The molecule has 4 N–H and O–H groups in total. The number of aromatic nitrogens is 2. The molecule has 2 aromatic rings. The number of carboxylic acid groups (broad SMARTS) is 2. The van der Waals surface area contributed by atoms with Gasteiger partial charge in [0.05, 0.1) is 17.8 Å². The van der Waals surface area contributed by atoms with Crippen LogP contribution in [0.1, 0.15) is 26.5 Å². The number of anilines is 1. The van der Waals surface area contributed by atoms with E-state index in [1.165, 1.54) is 31.0 Å². The maximum absolute atomic E-state index is 13.2. The van der Waals surface area contributed by atoms with Gasteiger partial charge in [-0.2, -0.15) is 0 Å². The van der Waals surface area contributed by atoms with E-state index in [0.29, 0.717) is 5.57 Å². The van der Waals surface area contributed by atoms with Crippen LogP contribution in [0.15, 0.2) is 51.2 Å². The van der Waals surface area contributed by atoms with Crippen LogP contribution >= 0.6 is 23.1 Å². The summed E-state index contributed by atoms with van der Waals surface area (Å²) in [5, 5.41) is 29.1. The van der Waals surface area contributed by atoms with Crippen LogP contribution in [0.2, 0.25) is 0 Å². The van der Waals surface area contributed by atoms with Gasteiger partial charge in [0.25, 0.3) is 11.8 Å². The van der Waals surface area contributed by atoms with Crippen molar-refractivity contribution in [2.45, 2.75) is 49.6 Å². The molecule has 0 saturated carbocycles. The fourth-order valence-corrected chi connectivity index (χ4v) is 5.34. The Morgan fingerprint density at radius 3 is 2.62 bits per heavy atom. The average Bonchev–Trinajstić information content (AvgIpc) is 3.32. The smallest absolute Gasteiger partial charge is 0.350 e. The molecule has 1 saturated heterocycles. The number of carboxylic acids is 2. The van der Waals surface area contributed by atoms with E-state index >= 15 is 0 Å². The molecule has 4 rings (SSSR count). The molecule has 3 atom stereocenters. The molecule has 1 fully saturated rings. The molecule has 212 valence electrons. The Morgan fingerprint density at radius 2 is 2.05 bits per heavy atom. The minimum atomic E-state index is -1.78. The van der Waals surface area contributed by atoms with Crippen LogP contribution in [0, 0.1) is 0 Å². The Kier molecular flexibility index (Phi) is 8.13. The molecule has 0 unspecified atom stereocenters. The van der Waals surface area contributed by atoms with Crippen LogP contribution in [0.25, 0.3) is 0 Å². The number of fused-ring (bicyclic) bond motifs is 1. The highest BCUT2D eigenvalue weighted by molar-refractivity contribution is 7.99. The summed E-state index contributed by atoms with van der Waals surface area (Å²) in [5.41, 5.74) is 3.51. The van der Waals surface area contributed by atoms with E-state index in [2.05, 4.69) is 15.5 Å². The van der Waals surface area contributed by atoms with Gasteiger partial charge in [0.15, 0.2) is 35.5 Å². The van der Waals surface area contributed by atoms with Crippen molar-refractivity contribution in [1.82, 2.24) is 15.2 Å². The topological polar surface area (TPSA) is 200 Å². The highest BCUT2D eigenvalue weighted by Crippen LogP contribution is 2.37. The number of rotatable bonds is 10. The lowest BCUT2D eigenvalue weighted by atomic mass is 9.96. The zero-order valence-corrected chi connectivity index (χ0v) is 23.4. The normalized spacial score (nSPS) is 21.0. The SMILES string of the molecule is C[C@@H]1O[C@@H]2[C@H](NC(=O)/C(=N\OC(C)(C)C(=O)O)c3csc(N)n3)C(=O)N2C(C(=O)[O-])=C1CSc1cc[n+](C)cc1. The lowest BCUT2D eigenvalue weighted by molar-refractivity contribution is -0.671. The number of oxime groups is 1. The zero-order valence-electron chi connectivity index (χ0n) is 21.8. The molecule has 16 heteroatoms. The van der Waals surface area contributed by atoms with Crippen molar-refractivity contribution in [1.29, 1.82) is 0 Å². The van der Waals surface area contributed by atoms with Crippen LogP contribution in [-0.4, -0.2) is 74.2 Å². The van der Waals surface area contributed by atoms with E-state index < -0.39 is 53.4 Å². The summed E-state index contributed by atoms with van der Waals surface area (Å²) in [6.07, 6.45) is 1.87. The standard InChI is InChI=1S/C24H26N6O8S2/c1-11-13(9-39-12-5-7-29(4)8-6-12)17(21(33)34)30-19(32)16(20(30)37-11)27-18(31)15(14-10-40-23(25)26-14)28-38-24(2,3)22(35)36/h5-8,10-11,16,20H,9H2,1-4H3,(H4-,25,26,27,31,33,34,35,36)/b28-15-/t11-,16+,20+/m0/s1. The number of carbonyl (C=O) groups is 4. The number of ether oxygens (including phenoxy) is 1. The first-order valence-electron chi connectivity index (χ1n) is 11.8. The first kappa shape index (κ1) is 29.0. The predicted molar refractivity (Wildman–Crippen MR) is 139 cm³/mol. The third kappa shape index (κ3) is 5.78. The number of pyridine rings is 1. The van der Waals surface area contributed by atoms with Gasteiger partial charge < -0.3 is 35.6 Å². The molecular formula is C24H26N6O8S2. The fourth-order valence-electron chi connectivity index (χ4n) is 3.78. The Hall–Kier alpha value is -4.02. The minimum absolute atomic E-state index is 0.00751. The number of β-lactam (4-membered cyclic amide) rings is 1. The predicted octanol–water partition coefficient (Wildman–Crippen LogP) is -0.998. The summed E-state index contributed by atoms with van der Waals surface area (Å²) in [5.74, 6) is -4.32. The van der Waals surface area contributed by atoms with Crippen LogP contribution in [0.3, 0.4) is 0 Å². The number of nitrogens with one attached hydrogen (secondary N) is 1. The lowest BCUT2D eigenvalue weighted by Crippen LogP contribution is -2.74. The molecular weight excluding hydrogens is 564 g/mol. The minimum Gasteiger partial charge on any atom is -0.543 e. The van der Waals surface area contributed by atoms with E-state index in [1.54, 1.807) is 6.92 Å². The van der Waals surface area contributed by atoms with Gasteiger partial charge in [-0.25, -0.2) is 14.3 Å². The van der Waals surface area contributed by atoms with E-state index in [-0.39, 0.29) is 22.3 Å². The Bertz CT molecular complexity index is 1420. The molecule has 0 bridgehead atoms. The Balaban J connectivity index is 1.55. The molecule has 0 aliphatic carbocycles. The second-order valence-electron chi connectivity index (χ2n) is 9.40. The van der Waals surface area contributed by atoms with E-state index in [0.717, 1.165) is 21.1 Å². The summed E-state index contributed by atoms with van der Waals surface area (Å²) in [6, 6.07) is 2.48. The van der Waals surface area contributed by atoms with Crippen LogP contribution in [-0.2, 0) is 35.8 Å². The van der Waals surface area contributed by atoms with Gasteiger partial charge in [0, 0.05) is 28.2 Å². The van der Waals surface area contributed by atoms with Crippen molar-refractivity contribution in [2.24, 2.45) is 12.2 Å². The van der Waals surface area contributed by atoms with E-state index in [9.17, 15) is 29.4 Å². The van der Waals surface area contributed by atoms with Crippen molar-refractivity contribution in [3.05, 3.63) is 46.9 Å². The maximum Gasteiger partial charge on any atom is 0.350 e. The Morgan fingerprint density at radius 1 is 1.38 bits per heavy atom. The summed E-state index contributed by atoms with van der Waals surface area (Å²) in [7, 11) is 1.87. The van der Waals surface area contributed by atoms with Crippen molar-refractivity contribution in [3.8, 4) is 0 Å². The third-order valence-corrected chi connectivity index (χ3v) is 7.84. The molecule has 40 heavy (non-hydrogen) atoms. The maximum atomic E-state index is 13.2. The Labute approximate surface area is 236 Å². The summed E-state index contributed by atoms with van der Waals surface area (Å²) in [6.45, 7) is 4.11. The molecule has 2 aliphatic heterocycles. The largest absolute Gasteiger partial charge is 0.543 e. The molecule has 0 spiro atoms. The number of thioether (sulfide) groups is 1. The first-order valence-corrected chi connectivity index (χ1v) is 13.7. The molecule has 4 heterocycles. The van der Waals surface area contributed by atoms with Crippen molar-refractivity contribution in [3.63, 3.8) is 0 Å². The van der Waals surface area contributed by atoms with E-state index in [4.69, 9.17) is 15.3 Å². The van der Waals surface area contributed by atoms with Gasteiger partial charge >= 0.3 is 5.97 Å². The molecule has 2 aliphatic rings. The summed E-state index contributed by atoms with van der Waals surface area (Å²) >= 11 is 2.38. The van der Waals surface area contributed by atoms with Crippen molar-refractivity contribution in [2.75, 3.05) is 11.5 Å². The second-order valence-corrected chi connectivity index (χ2v) is 11.3. The molecule has 0 radical (unpaired) electrons. The number of aryl methyl sites for hydroxylation is 1. The quantitative estimate of drug-likeness (QED) is 0.101. The summed E-state index contributed by atoms with van der Waals surface area (Å²) < 4.78 is 7.81. The van der Waals surface area contributed by atoms with Gasteiger partial charge in [-0.15, -0.1) is 23.1 Å². The van der Waals surface area contributed by atoms with Crippen LogP contribution < -0.4 is 20.7 Å². The monoisotopic (exact) mass is 590 g/mol. The molecule has 2 amide bonds. The number of hydrogen-bond donors (Lipinski definition) is 3. The number of amides is 2. The van der Waals surface area contributed by atoms with Crippen molar-refractivity contribution >= 4 is 57.7 Å². The fraction of sp³-hybridized carbons (Fsp3) is 0.375. The highest BCUT2D eigenvalue weighted by atomic mass is 32.2.